The molecule has 1 N–H and O–H groups in total. The molecule has 1 unspecified atom stereocenters. The van der Waals surface area contributed by atoms with Gasteiger partial charge in [0.2, 0.25) is 5.91 Å². The molecule has 5 heteroatoms. The Hall–Kier alpha value is -1.36. The summed E-state index contributed by atoms with van der Waals surface area (Å²) in [6.45, 7) is 0. The topological polar surface area (TPSA) is 63.2 Å². The number of nitrogens with one attached hydrogen (secondary N) is 1. The molecule has 0 bridgehead atoms. The van der Waals surface area contributed by atoms with Crippen LogP contribution in [-0.2, 0) is 14.6 Å². The molecule has 0 spiro atoms. The van der Waals surface area contributed by atoms with Crippen molar-refractivity contribution in [2.45, 2.75) is 56.9 Å². The van der Waals surface area contributed by atoms with E-state index in [0.717, 1.165) is 31.2 Å². The van der Waals surface area contributed by atoms with Gasteiger partial charge in [-0.1, -0.05) is 56.0 Å². The lowest BCUT2D eigenvalue weighted by atomic mass is 9.95. The number of hydrogen-bond acceptors (Lipinski definition) is 3. The number of rotatable bonds is 6. The first kappa shape index (κ1) is 18.0. The van der Waals surface area contributed by atoms with Gasteiger partial charge in [0.15, 0.2) is 0 Å². The molecular formula is C18H27NO3S. The first-order valence-electron chi connectivity index (χ1n) is 8.49. The third-order valence-electron chi connectivity index (χ3n) is 4.50. The number of hydrogen-bond donors (Lipinski definition) is 1. The molecule has 0 heterocycles. The van der Waals surface area contributed by atoms with Gasteiger partial charge in [-0.15, -0.1) is 0 Å². The lowest BCUT2D eigenvalue weighted by Crippen LogP contribution is -2.38. The Labute approximate surface area is 139 Å². The highest BCUT2D eigenvalue weighted by atomic mass is 32.2. The van der Waals surface area contributed by atoms with Gasteiger partial charge in [-0.2, -0.15) is 0 Å². The molecule has 23 heavy (non-hydrogen) atoms. The van der Waals surface area contributed by atoms with E-state index in [9.17, 15) is 13.2 Å². The van der Waals surface area contributed by atoms with Crippen LogP contribution in [-0.4, -0.2) is 32.4 Å². The molecule has 1 aliphatic rings. The van der Waals surface area contributed by atoms with Crippen molar-refractivity contribution >= 4 is 15.7 Å². The largest absolute Gasteiger partial charge is 0.353 e. The SMILES string of the molecule is CS(=O)(=O)CCC(C(=O)NC1CCCCCC1)c1ccccc1. The summed E-state index contributed by atoms with van der Waals surface area (Å²) in [7, 11) is -3.08. The Morgan fingerprint density at radius 2 is 1.74 bits per heavy atom. The van der Waals surface area contributed by atoms with Crippen LogP contribution in [0.5, 0.6) is 0 Å². The lowest BCUT2D eigenvalue weighted by Gasteiger charge is -2.22. The minimum absolute atomic E-state index is 0.0324. The Kier molecular flexibility index (Phi) is 6.63. The van der Waals surface area contributed by atoms with E-state index >= 15 is 0 Å². The third kappa shape index (κ3) is 6.34. The maximum Gasteiger partial charge on any atom is 0.227 e. The van der Waals surface area contributed by atoms with Gasteiger partial charge in [0, 0.05) is 12.3 Å². The molecule has 1 aromatic carbocycles. The van der Waals surface area contributed by atoms with Gasteiger partial charge in [0.05, 0.1) is 11.7 Å². The van der Waals surface area contributed by atoms with Gasteiger partial charge in [0.1, 0.15) is 9.84 Å². The summed E-state index contributed by atoms with van der Waals surface area (Å²) < 4.78 is 23.0. The fourth-order valence-electron chi connectivity index (χ4n) is 3.19. The minimum atomic E-state index is -3.08. The first-order valence-corrected chi connectivity index (χ1v) is 10.5. The quantitative estimate of drug-likeness (QED) is 0.812. The summed E-state index contributed by atoms with van der Waals surface area (Å²) in [5.41, 5.74) is 0.891. The highest BCUT2D eigenvalue weighted by Crippen LogP contribution is 2.23. The molecule has 1 atom stereocenters. The standard InChI is InChI=1S/C18H27NO3S/c1-23(21,22)14-13-17(15-9-5-4-6-10-15)18(20)19-16-11-7-2-3-8-12-16/h4-6,9-10,16-17H,2-3,7-8,11-14H2,1H3,(H,19,20). The monoisotopic (exact) mass is 337 g/mol. The number of amides is 1. The maximum absolute atomic E-state index is 12.7. The highest BCUT2D eigenvalue weighted by molar-refractivity contribution is 7.90. The van der Waals surface area contributed by atoms with Crippen LogP contribution < -0.4 is 5.32 Å². The number of sulfone groups is 1. The van der Waals surface area contributed by atoms with Gasteiger partial charge < -0.3 is 5.32 Å². The first-order chi connectivity index (χ1) is 11.0. The van der Waals surface area contributed by atoms with Crippen molar-refractivity contribution in [1.29, 1.82) is 0 Å². The summed E-state index contributed by atoms with van der Waals surface area (Å²) in [5.74, 6) is -0.397. The van der Waals surface area contributed by atoms with Crippen LogP contribution in [0.15, 0.2) is 30.3 Å². The Morgan fingerprint density at radius 3 is 2.30 bits per heavy atom. The second-order valence-corrected chi connectivity index (χ2v) is 8.84. The van der Waals surface area contributed by atoms with Crippen LogP contribution >= 0.6 is 0 Å². The molecule has 1 fully saturated rings. The zero-order chi connectivity index (χ0) is 16.7. The van der Waals surface area contributed by atoms with E-state index in [0.29, 0.717) is 6.42 Å². The Morgan fingerprint density at radius 1 is 1.13 bits per heavy atom. The Balaban J connectivity index is 2.07. The molecule has 0 radical (unpaired) electrons. The minimum Gasteiger partial charge on any atom is -0.353 e. The molecule has 1 saturated carbocycles. The fraction of sp³-hybridized carbons (Fsp3) is 0.611. The number of carbonyl (C=O) groups is 1. The second kappa shape index (κ2) is 8.48. The van der Waals surface area contributed by atoms with Gasteiger partial charge in [-0.3, -0.25) is 4.79 Å². The van der Waals surface area contributed by atoms with Crippen LogP contribution in [0.4, 0.5) is 0 Å². The number of carbonyl (C=O) groups excluding carboxylic acids is 1. The second-order valence-electron chi connectivity index (χ2n) is 6.58. The molecule has 1 aromatic rings. The predicted octanol–water partition coefficient (Wildman–Crippen LogP) is 3.04. The third-order valence-corrected chi connectivity index (χ3v) is 5.47. The summed E-state index contributed by atoms with van der Waals surface area (Å²) in [6, 6.07) is 9.72. The lowest BCUT2D eigenvalue weighted by molar-refractivity contribution is -0.123. The molecule has 4 nitrogen and oxygen atoms in total. The average molecular weight is 337 g/mol. The molecule has 0 aliphatic heterocycles. The smallest absolute Gasteiger partial charge is 0.227 e. The normalized spacial score (nSPS) is 18.1. The molecule has 1 aliphatic carbocycles. The van der Waals surface area contributed by atoms with E-state index in [1.807, 2.05) is 30.3 Å². The summed E-state index contributed by atoms with van der Waals surface area (Å²) in [5, 5.41) is 3.16. The Bertz CT molecular complexity index is 590. The van der Waals surface area contributed by atoms with Crippen LogP contribution in [0, 0.1) is 0 Å². The van der Waals surface area contributed by atoms with Crippen molar-refractivity contribution in [1.82, 2.24) is 5.32 Å². The van der Waals surface area contributed by atoms with Crippen LogP contribution in [0.2, 0.25) is 0 Å². The molecule has 2 rings (SSSR count). The van der Waals surface area contributed by atoms with Gasteiger partial charge in [-0.25, -0.2) is 8.42 Å². The zero-order valence-electron chi connectivity index (χ0n) is 13.8. The van der Waals surface area contributed by atoms with E-state index < -0.39 is 15.8 Å². The number of benzene rings is 1. The van der Waals surface area contributed by atoms with Crippen molar-refractivity contribution < 1.29 is 13.2 Å². The van der Waals surface area contributed by atoms with Gasteiger partial charge in [-0.05, 0) is 24.8 Å². The average Bonchev–Trinajstić information content (AvgIpc) is 2.76. The molecule has 0 saturated heterocycles. The maximum atomic E-state index is 12.7. The van der Waals surface area contributed by atoms with E-state index in [-0.39, 0.29) is 17.7 Å². The van der Waals surface area contributed by atoms with E-state index in [1.165, 1.54) is 19.1 Å². The van der Waals surface area contributed by atoms with Crippen molar-refractivity contribution in [2.24, 2.45) is 0 Å². The highest BCUT2D eigenvalue weighted by Gasteiger charge is 2.24. The van der Waals surface area contributed by atoms with Crippen LogP contribution in [0.1, 0.15) is 56.4 Å². The fourth-order valence-corrected chi connectivity index (χ4v) is 3.86. The molecule has 1 amide bonds. The van der Waals surface area contributed by atoms with Crippen molar-refractivity contribution in [3.8, 4) is 0 Å². The van der Waals surface area contributed by atoms with Crippen LogP contribution in [0.3, 0.4) is 0 Å². The van der Waals surface area contributed by atoms with E-state index in [1.54, 1.807) is 0 Å². The van der Waals surface area contributed by atoms with Gasteiger partial charge >= 0.3 is 0 Å². The van der Waals surface area contributed by atoms with E-state index in [2.05, 4.69) is 5.32 Å². The predicted molar refractivity (Wildman–Crippen MR) is 93.1 cm³/mol. The van der Waals surface area contributed by atoms with Crippen molar-refractivity contribution in [2.75, 3.05) is 12.0 Å². The summed E-state index contributed by atoms with van der Waals surface area (Å²) >= 11 is 0. The summed E-state index contributed by atoms with van der Waals surface area (Å²) in [4.78, 5) is 12.7. The van der Waals surface area contributed by atoms with Crippen LogP contribution in [0.25, 0.3) is 0 Å². The van der Waals surface area contributed by atoms with Gasteiger partial charge in [0.25, 0.3) is 0 Å². The van der Waals surface area contributed by atoms with E-state index in [4.69, 9.17) is 0 Å². The van der Waals surface area contributed by atoms with Crippen molar-refractivity contribution in [3.05, 3.63) is 35.9 Å². The zero-order valence-corrected chi connectivity index (χ0v) is 14.6. The van der Waals surface area contributed by atoms with Crippen molar-refractivity contribution in [3.63, 3.8) is 0 Å². The molecular weight excluding hydrogens is 310 g/mol. The molecule has 0 aromatic heterocycles. The molecule has 128 valence electrons. The summed E-state index contributed by atoms with van der Waals surface area (Å²) in [6.07, 6.45) is 8.40.